The molecule has 1 aliphatic heterocycles. The van der Waals surface area contributed by atoms with Crippen LogP contribution in [0.15, 0.2) is 24.3 Å². The smallest absolute Gasteiger partial charge is 0.0592 e. The number of hydrogen-bond donors (Lipinski definition) is 2. The summed E-state index contributed by atoms with van der Waals surface area (Å²) in [6.45, 7) is 3.53. The van der Waals surface area contributed by atoms with Gasteiger partial charge in [0.05, 0.1) is 5.54 Å². The maximum absolute atomic E-state index is 3.85. The Balaban J connectivity index is 1.90. The predicted octanol–water partition coefficient (Wildman–Crippen LogP) is 3.72. The molecule has 0 radical (unpaired) electrons. The number of rotatable bonds is 0. The van der Waals surface area contributed by atoms with Crippen molar-refractivity contribution in [3.8, 4) is 0 Å². The van der Waals surface area contributed by atoms with Crippen LogP contribution in [0.3, 0.4) is 0 Å². The molecule has 1 spiro atoms. The average Bonchev–Trinajstić information content (AvgIpc) is 2.80. The first-order valence-corrected chi connectivity index (χ1v) is 7.64. The first-order chi connectivity index (χ1) is 9.28. The summed E-state index contributed by atoms with van der Waals surface area (Å²) in [5, 5.41) is 5.29. The van der Waals surface area contributed by atoms with E-state index in [4.69, 9.17) is 0 Å². The SMILES string of the molecule is C[C@@H]1CCC[C@@]2(C1)NCCc1c2[nH]c2ccccc12. The van der Waals surface area contributed by atoms with Crippen LogP contribution in [0.25, 0.3) is 10.9 Å². The summed E-state index contributed by atoms with van der Waals surface area (Å²) in [7, 11) is 0. The lowest BCUT2D eigenvalue weighted by Gasteiger charge is -2.43. The highest BCUT2D eigenvalue weighted by Crippen LogP contribution is 2.44. The van der Waals surface area contributed by atoms with Gasteiger partial charge in [-0.3, -0.25) is 0 Å². The van der Waals surface area contributed by atoms with Crippen molar-refractivity contribution in [1.82, 2.24) is 10.3 Å². The lowest BCUT2D eigenvalue weighted by molar-refractivity contribution is 0.175. The number of aromatic nitrogens is 1. The maximum Gasteiger partial charge on any atom is 0.0592 e. The average molecular weight is 254 g/mol. The number of H-pyrrole nitrogens is 1. The predicted molar refractivity (Wildman–Crippen MR) is 79.3 cm³/mol. The summed E-state index contributed by atoms with van der Waals surface area (Å²) in [4.78, 5) is 3.73. The van der Waals surface area contributed by atoms with Crippen LogP contribution in [0.5, 0.6) is 0 Å². The molecule has 1 saturated carbocycles. The molecule has 100 valence electrons. The quantitative estimate of drug-likeness (QED) is 0.737. The van der Waals surface area contributed by atoms with E-state index in [1.54, 1.807) is 5.56 Å². The van der Waals surface area contributed by atoms with Crippen molar-refractivity contribution in [2.75, 3.05) is 6.54 Å². The first kappa shape index (κ1) is 11.5. The molecular weight excluding hydrogens is 232 g/mol. The zero-order chi connectivity index (χ0) is 12.9. The largest absolute Gasteiger partial charge is 0.357 e. The molecule has 4 rings (SSSR count). The van der Waals surface area contributed by atoms with Gasteiger partial charge in [0, 0.05) is 23.1 Å². The minimum atomic E-state index is 0.226. The summed E-state index contributed by atoms with van der Waals surface area (Å²) in [6.07, 6.45) is 6.47. The lowest BCUT2D eigenvalue weighted by Crippen LogP contribution is -2.50. The van der Waals surface area contributed by atoms with Gasteiger partial charge < -0.3 is 10.3 Å². The molecule has 2 N–H and O–H groups in total. The molecule has 2 aromatic rings. The number of aromatic amines is 1. The van der Waals surface area contributed by atoms with E-state index in [-0.39, 0.29) is 5.54 Å². The fourth-order valence-corrected chi connectivity index (χ4v) is 4.32. The summed E-state index contributed by atoms with van der Waals surface area (Å²) in [5.41, 5.74) is 4.60. The van der Waals surface area contributed by atoms with Crippen LogP contribution in [0.1, 0.15) is 43.9 Å². The molecule has 0 amide bonds. The number of para-hydroxylation sites is 1. The second-order valence-electron chi connectivity index (χ2n) is 6.48. The van der Waals surface area contributed by atoms with Gasteiger partial charge in [0.25, 0.3) is 0 Å². The minimum Gasteiger partial charge on any atom is -0.357 e. The molecule has 2 atom stereocenters. The molecule has 0 unspecified atom stereocenters. The molecule has 1 fully saturated rings. The monoisotopic (exact) mass is 254 g/mol. The Morgan fingerprint density at radius 1 is 1.26 bits per heavy atom. The Hall–Kier alpha value is -1.28. The van der Waals surface area contributed by atoms with Crippen molar-refractivity contribution < 1.29 is 0 Å². The van der Waals surface area contributed by atoms with Gasteiger partial charge in [0.2, 0.25) is 0 Å². The molecule has 1 aromatic heterocycles. The van der Waals surface area contributed by atoms with Crippen LogP contribution in [-0.4, -0.2) is 11.5 Å². The molecule has 1 aliphatic carbocycles. The van der Waals surface area contributed by atoms with Gasteiger partial charge in [-0.25, -0.2) is 0 Å². The van der Waals surface area contributed by atoms with Crippen molar-refractivity contribution >= 4 is 10.9 Å². The molecule has 19 heavy (non-hydrogen) atoms. The van der Waals surface area contributed by atoms with Gasteiger partial charge in [0.15, 0.2) is 0 Å². The Morgan fingerprint density at radius 3 is 3.05 bits per heavy atom. The summed E-state index contributed by atoms with van der Waals surface area (Å²) in [6, 6.07) is 8.78. The number of hydrogen-bond acceptors (Lipinski definition) is 1. The molecule has 2 aliphatic rings. The van der Waals surface area contributed by atoms with Gasteiger partial charge in [-0.15, -0.1) is 0 Å². The Labute approximate surface area is 114 Å². The molecule has 0 saturated heterocycles. The van der Waals surface area contributed by atoms with Crippen LogP contribution >= 0.6 is 0 Å². The molecular formula is C17H22N2. The van der Waals surface area contributed by atoms with Gasteiger partial charge in [-0.1, -0.05) is 38.0 Å². The first-order valence-electron chi connectivity index (χ1n) is 7.64. The van der Waals surface area contributed by atoms with E-state index >= 15 is 0 Å². The van der Waals surface area contributed by atoms with E-state index in [0.29, 0.717) is 0 Å². The third-order valence-corrected chi connectivity index (χ3v) is 5.13. The third kappa shape index (κ3) is 1.66. The molecule has 2 heteroatoms. The van der Waals surface area contributed by atoms with E-state index in [0.717, 1.165) is 18.9 Å². The summed E-state index contributed by atoms with van der Waals surface area (Å²) < 4.78 is 0. The van der Waals surface area contributed by atoms with E-state index in [2.05, 4.69) is 41.5 Å². The van der Waals surface area contributed by atoms with Gasteiger partial charge in [-0.05, 0) is 36.8 Å². The number of nitrogens with one attached hydrogen (secondary N) is 2. The number of fused-ring (bicyclic) bond motifs is 4. The zero-order valence-electron chi connectivity index (χ0n) is 11.6. The highest BCUT2D eigenvalue weighted by Gasteiger charge is 2.41. The Kier molecular flexibility index (Phi) is 2.49. The van der Waals surface area contributed by atoms with Crippen molar-refractivity contribution in [3.05, 3.63) is 35.5 Å². The van der Waals surface area contributed by atoms with Gasteiger partial charge >= 0.3 is 0 Å². The van der Waals surface area contributed by atoms with Crippen molar-refractivity contribution in [2.24, 2.45) is 5.92 Å². The molecule has 2 heterocycles. The van der Waals surface area contributed by atoms with E-state index in [9.17, 15) is 0 Å². The Bertz CT molecular complexity index is 613. The van der Waals surface area contributed by atoms with Crippen molar-refractivity contribution in [2.45, 2.75) is 44.6 Å². The minimum absolute atomic E-state index is 0.226. The van der Waals surface area contributed by atoms with Crippen molar-refractivity contribution in [1.29, 1.82) is 0 Å². The maximum atomic E-state index is 3.85. The van der Waals surface area contributed by atoms with Gasteiger partial charge in [0.1, 0.15) is 0 Å². The standard InChI is InChI=1S/C17H22N2/c1-12-5-4-9-17(11-12)16-14(8-10-18-17)13-6-2-3-7-15(13)19-16/h2-3,6-7,12,18-19H,4-5,8-11H2,1H3/t12-,17+/m1/s1. The second kappa shape index (κ2) is 4.11. The second-order valence-corrected chi connectivity index (χ2v) is 6.48. The van der Waals surface area contributed by atoms with E-state index < -0.39 is 0 Å². The topological polar surface area (TPSA) is 27.8 Å². The summed E-state index contributed by atoms with van der Waals surface area (Å²) >= 11 is 0. The highest BCUT2D eigenvalue weighted by atomic mass is 15.0. The fourth-order valence-electron chi connectivity index (χ4n) is 4.32. The normalized spacial score (nSPS) is 30.7. The third-order valence-electron chi connectivity index (χ3n) is 5.13. The van der Waals surface area contributed by atoms with Crippen LogP contribution in [0.2, 0.25) is 0 Å². The summed E-state index contributed by atoms with van der Waals surface area (Å²) in [5.74, 6) is 0.832. The van der Waals surface area contributed by atoms with Crippen LogP contribution in [-0.2, 0) is 12.0 Å². The van der Waals surface area contributed by atoms with Crippen molar-refractivity contribution in [3.63, 3.8) is 0 Å². The molecule has 2 nitrogen and oxygen atoms in total. The Morgan fingerprint density at radius 2 is 2.16 bits per heavy atom. The van der Waals surface area contributed by atoms with E-state index in [1.165, 1.54) is 42.3 Å². The van der Waals surface area contributed by atoms with Gasteiger partial charge in [-0.2, -0.15) is 0 Å². The van der Waals surface area contributed by atoms with E-state index in [1.807, 2.05) is 0 Å². The molecule has 1 aromatic carbocycles. The van der Waals surface area contributed by atoms with Crippen LogP contribution in [0, 0.1) is 5.92 Å². The number of benzene rings is 1. The lowest BCUT2D eigenvalue weighted by atomic mass is 9.72. The highest BCUT2D eigenvalue weighted by molar-refractivity contribution is 5.85. The van der Waals surface area contributed by atoms with Crippen LogP contribution < -0.4 is 5.32 Å². The van der Waals surface area contributed by atoms with Crippen LogP contribution in [0.4, 0.5) is 0 Å². The molecule has 0 bridgehead atoms. The zero-order valence-corrected chi connectivity index (χ0v) is 11.6. The fraction of sp³-hybridized carbons (Fsp3) is 0.529.